The van der Waals surface area contributed by atoms with Crippen LogP contribution >= 0.6 is 0 Å². The average molecular weight is 315 g/mol. The first-order valence-corrected chi connectivity index (χ1v) is 8.90. The third-order valence-corrected chi connectivity index (χ3v) is 5.46. The molecule has 1 heterocycles. The Labute approximate surface area is 139 Å². The highest BCUT2D eigenvalue weighted by Gasteiger charge is 2.38. The van der Waals surface area contributed by atoms with Crippen molar-refractivity contribution in [2.75, 3.05) is 20.6 Å². The number of hydrogen-bond donors (Lipinski definition) is 2. The third kappa shape index (κ3) is 3.93. The van der Waals surface area contributed by atoms with Crippen LogP contribution in [0.2, 0.25) is 0 Å². The second kappa shape index (κ2) is 7.45. The number of hydrogen-bond acceptors (Lipinski definition) is 3. The van der Waals surface area contributed by atoms with Crippen LogP contribution in [0.5, 0.6) is 0 Å². The molecule has 1 saturated heterocycles. The molecule has 2 aliphatic rings. The third-order valence-electron chi connectivity index (χ3n) is 5.46. The van der Waals surface area contributed by atoms with Crippen molar-refractivity contribution in [3.8, 4) is 0 Å². The van der Waals surface area contributed by atoms with E-state index in [9.17, 15) is 4.79 Å². The number of carbonyl (C=O) groups excluding carboxylic acids is 1. The topological polar surface area (TPSA) is 44.4 Å². The minimum Gasteiger partial charge on any atom is -0.353 e. The van der Waals surface area contributed by atoms with E-state index < -0.39 is 0 Å². The SMILES string of the molecule is CN(C)C(CNC(=O)C1CC2CCCCC2N1)c1ccccc1. The van der Waals surface area contributed by atoms with Crippen LogP contribution in [-0.4, -0.2) is 43.5 Å². The number of likely N-dealkylation sites (N-methyl/N-ethyl adjacent to an activating group) is 1. The van der Waals surface area contributed by atoms with Crippen molar-refractivity contribution < 1.29 is 4.79 Å². The van der Waals surface area contributed by atoms with Crippen LogP contribution in [0.15, 0.2) is 30.3 Å². The Hall–Kier alpha value is -1.39. The van der Waals surface area contributed by atoms with Crippen molar-refractivity contribution >= 4 is 5.91 Å². The predicted molar refractivity (Wildman–Crippen MR) is 93.2 cm³/mol. The zero-order valence-corrected chi connectivity index (χ0v) is 14.3. The van der Waals surface area contributed by atoms with E-state index in [0.717, 1.165) is 6.42 Å². The van der Waals surface area contributed by atoms with E-state index in [0.29, 0.717) is 18.5 Å². The quantitative estimate of drug-likeness (QED) is 0.876. The fourth-order valence-corrected chi connectivity index (χ4v) is 4.12. The number of amides is 1. The van der Waals surface area contributed by atoms with Gasteiger partial charge in [-0.1, -0.05) is 43.2 Å². The second-order valence-electron chi connectivity index (χ2n) is 7.24. The summed E-state index contributed by atoms with van der Waals surface area (Å²) in [6.07, 6.45) is 6.16. The summed E-state index contributed by atoms with van der Waals surface area (Å²) in [5.74, 6) is 0.875. The molecule has 4 nitrogen and oxygen atoms in total. The molecule has 1 aliphatic heterocycles. The van der Waals surface area contributed by atoms with Gasteiger partial charge in [-0.2, -0.15) is 0 Å². The molecule has 0 bridgehead atoms. The number of rotatable bonds is 5. The highest BCUT2D eigenvalue weighted by atomic mass is 16.2. The van der Waals surface area contributed by atoms with E-state index in [1.54, 1.807) is 0 Å². The van der Waals surface area contributed by atoms with Crippen LogP contribution in [0.4, 0.5) is 0 Å². The molecule has 4 atom stereocenters. The first-order valence-electron chi connectivity index (χ1n) is 8.90. The van der Waals surface area contributed by atoms with E-state index in [4.69, 9.17) is 0 Å². The van der Waals surface area contributed by atoms with Gasteiger partial charge in [0, 0.05) is 12.6 Å². The van der Waals surface area contributed by atoms with Crippen molar-refractivity contribution in [1.29, 1.82) is 0 Å². The lowest BCUT2D eigenvalue weighted by molar-refractivity contribution is -0.123. The summed E-state index contributed by atoms with van der Waals surface area (Å²) in [4.78, 5) is 14.7. The molecule has 0 spiro atoms. The maximum absolute atomic E-state index is 12.6. The maximum atomic E-state index is 12.6. The summed E-state index contributed by atoms with van der Waals surface area (Å²) in [6, 6.07) is 11.2. The van der Waals surface area contributed by atoms with E-state index in [1.165, 1.54) is 31.2 Å². The van der Waals surface area contributed by atoms with Gasteiger partial charge in [0.15, 0.2) is 0 Å². The Morgan fingerprint density at radius 3 is 2.70 bits per heavy atom. The molecule has 4 unspecified atom stereocenters. The largest absolute Gasteiger partial charge is 0.353 e. The number of nitrogens with zero attached hydrogens (tertiary/aromatic N) is 1. The van der Waals surface area contributed by atoms with Gasteiger partial charge in [0.2, 0.25) is 5.91 Å². The number of benzene rings is 1. The molecule has 0 aromatic heterocycles. The zero-order valence-electron chi connectivity index (χ0n) is 14.3. The van der Waals surface area contributed by atoms with E-state index >= 15 is 0 Å². The minimum atomic E-state index is 0.00156. The van der Waals surface area contributed by atoms with Crippen LogP contribution in [0.3, 0.4) is 0 Å². The van der Waals surface area contributed by atoms with Gasteiger partial charge < -0.3 is 15.5 Å². The standard InChI is InChI=1S/C19H29N3O/c1-22(2)18(14-8-4-3-5-9-14)13-20-19(23)17-12-15-10-6-7-11-16(15)21-17/h3-5,8-9,15-18,21H,6-7,10-13H2,1-2H3,(H,20,23). The second-order valence-corrected chi connectivity index (χ2v) is 7.24. The molecule has 1 amide bonds. The normalized spacial score (nSPS) is 28.4. The van der Waals surface area contributed by atoms with Gasteiger partial charge in [0.05, 0.1) is 12.1 Å². The lowest BCUT2D eigenvalue weighted by atomic mass is 9.85. The number of fused-ring (bicyclic) bond motifs is 1. The Morgan fingerprint density at radius 2 is 2.00 bits per heavy atom. The Bertz CT molecular complexity index is 503. The van der Waals surface area contributed by atoms with Crippen LogP contribution < -0.4 is 10.6 Å². The highest BCUT2D eigenvalue weighted by Crippen LogP contribution is 2.33. The average Bonchev–Trinajstić information content (AvgIpc) is 2.99. The summed E-state index contributed by atoms with van der Waals surface area (Å²) in [6.45, 7) is 0.656. The van der Waals surface area contributed by atoms with Gasteiger partial charge in [-0.05, 0) is 44.8 Å². The Balaban J connectivity index is 1.55. The zero-order chi connectivity index (χ0) is 16.2. The molecule has 1 aromatic carbocycles. The van der Waals surface area contributed by atoms with Gasteiger partial charge in [0.25, 0.3) is 0 Å². The lowest BCUT2D eigenvalue weighted by Crippen LogP contribution is -2.45. The van der Waals surface area contributed by atoms with Crippen molar-refractivity contribution in [1.82, 2.24) is 15.5 Å². The maximum Gasteiger partial charge on any atom is 0.237 e. The fraction of sp³-hybridized carbons (Fsp3) is 0.632. The smallest absolute Gasteiger partial charge is 0.237 e. The Morgan fingerprint density at radius 1 is 1.26 bits per heavy atom. The first kappa shape index (κ1) is 16.5. The van der Waals surface area contributed by atoms with Gasteiger partial charge in [-0.25, -0.2) is 0 Å². The molecule has 3 rings (SSSR count). The molecular weight excluding hydrogens is 286 g/mol. The number of nitrogens with one attached hydrogen (secondary N) is 2. The van der Waals surface area contributed by atoms with E-state index in [2.05, 4.69) is 53.9 Å². The summed E-state index contributed by atoms with van der Waals surface area (Å²) in [7, 11) is 4.12. The van der Waals surface area contributed by atoms with Crippen LogP contribution in [0, 0.1) is 5.92 Å². The number of carbonyl (C=O) groups is 1. The summed E-state index contributed by atoms with van der Waals surface area (Å²) < 4.78 is 0. The van der Waals surface area contributed by atoms with E-state index in [1.807, 2.05) is 6.07 Å². The van der Waals surface area contributed by atoms with Gasteiger partial charge >= 0.3 is 0 Å². The van der Waals surface area contributed by atoms with Crippen molar-refractivity contribution in [3.05, 3.63) is 35.9 Å². The molecule has 1 aliphatic carbocycles. The summed E-state index contributed by atoms with van der Waals surface area (Å²) in [5.41, 5.74) is 1.24. The minimum absolute atomic E-state index is 0.00156. The molecule has 23 heavy (non-hydrogen) atoms. The van der Waals surface area contributed by atoms with Crippen molar-refractivity contribution in [3.63, 3.8) is 0 Å². The van der Waals surface area contributed by atoms with Crippen LogP contribution in [-0.2, 0) is 4.79 Å². The molecule has 0 radical (unpaired) electrons. The predicted octanol–water partition coefficient (Wildman–Crippen LogP) is 2.33. The van der Waals surface area contributed by atoms with Crippen molar-refractivity contribution in [2.24, 2.45) is 5.92 Å². The molecule has 126 valence electrons. The summed E-state index contributed by atoms with van der Waals surface area (Å²) >= 11 is 0. The van der Waals surface area contributed by atoms with Gasteiger partial charge in [0.1, 0.15) is 0 Å². The first-order chi connectivity index (χ1) is 11.1. The van der Waals surface area contributed by atoms with Crippen LogP contribution in [0.1, 0.15) is 43.7 Å². The van der Waals surface area contributed by atoms with Gasteiger partial charge in [-0.15, -0.1) is 0 Å². The van der Waals surface area contributed by atoms with Gasteiger partial charge in [-0.3, -0.25) is 4.79 Å². The molecule has 2 N–H and O–H groups in total. The molecule has 1 saturated carbocycles. The fourth-order valence-electron chi connectivity index (χ4n) is 4.12. The monoisotopic (exact) mass is 315 g/mol. The van der Waals surface area contributed by atoms with Crippen LogP contribution in [0.25, 0.3) is 0 Å². The lowest BCUT2D eigenvalue weighted by Gasteiger charge is -2.26. The molecular formula is C19H29N3O. The van der Waals surface area contributed by atoms with E-state index in [-0.39, 0.29) is 18.0 Å². The molecule has 4 heteroatoms. The highest BCUT2D eigenvalue weighted by molar-refractivity contribution is 5.82. The molecule has 2 fully saturated rings. The summed E-state index contributed by atoms with van der Waals surface area (Å²) in [5, 5.41) is 6.73. The molecule has 1 aromatic rings. The van der Waals surface area contributed by atoms with Crippen molar-refractivity contribution in [2.45, 2.75) is 50.2 Å². The Kier molecular flexibility index (Phi) is 5.34.